The number of hydrogen-bond acceptors (Lipinski definition) is 4. The molecule has 0 spiro atoms. The topological polar surface area (TPSA) is 35.9 Å². The summed E-state index contributed by atoms with van der Waals surface area (Å²) in [5.74, 6) is 1.76. The Labute approximate surface area is 140 Å². The van der Waals surface area contributed by atoms with E-state index in [0.717, 1.165) is 37.8 Å². The second-order valence-corrected chi connectivity index (χ2v) is 7.03. The molecule has 2 fully saturated rings. The lowest BCUT2D eigenvalue weighted by Crippen LogP contribution is -2.50. The summed E-state index contributed by atoms with van der Waals surface area (Å²) in [7, 11) is 0. The van der Waals surface area contributed by atoms with Crippen molar-refractivity contribution in [3.8, 4) is 5.75 Å². The summed E-state index contributed by atoms with van der Waals surface area (Å²) < 4.78 is 5.63. The van der Waals surface area contributed by atoms with Crippen LogP contribution in [0.3, 0.4) is 0 Å². The van der Waals surface area contributed by atoms with E-state index in [0.29, 0.717) is 13.2 Å². The number of β-amino-alcohol motifs (C(OH)–C–C–N with tert-alkyl or cyclic N) is 1. The molecule has 4 heteroatoms. The first-order valence-electron chi connectivity index (χ1n) is 9.10. The normalized spacial score (nSPS) is 22.3. The maximum Gasteiger partial charge on any atom is 0.119 e. The third kappa shape index (κ3) is 5.48. The molecule has 0 amide bonds. The molecule has 0 bridgehead atoms. The maximum atomic E-state index is 10.2. The Kier molecular flexibility index (Phi) is 6.31. The number of nitrogens with zero attached hydrogens (tertiary/aromatic N) is 2. The van der Waals surface area contributed by atoms with Gasteiger partial charge in [0, 0.05) is 39.3 Å². The minimum Gasteiger partial charge on any atom is -0.491 e. The van der Waals surface area contributed by atoms with Crippen molar-refractivity contribution in [1.82, 2.24) is 9.80 Å². The molecular weight excluding hydrogens is 288 g/mol. The van der Waals surface area contributed by atoms with E-state index in [9.17, 15) is 5.11 Å². The Morgan fingerprint density at radius 1 is 1.00 bits per heavy atom. The molecule has 2 aliphatic rings. The van der Waals surface area contributed by atoms with Crippen LogP contribution in [0.4, 0.5) is 0 Å². The van der Waals surface area contributed by atoms with Crippen molar-refractivity contribution >= 4 is 0 Å². The molecule has 4 nitrogen and oxygen atoms in total. The van der Waals surface area contributed by atoms with Crippen LogP contribution in [-0.4, -0.2) is 66.9 Å². The van der Waals surface area contributed by atoms with E-state index in [-0.39, 0.29) is 0 Å². The van der Waals surface area contributed by atoms with Crippen molar-refractivity contribution in [1.29, 1.82) is 0 Å². The van der Waals surface area contributed by atoms with Crippen molar-refractivity contribution < 1.29 is 9.84 Å². The molecular formula is C19H30N2O2. The molecule has 1 atom stereocenters. The van der Waals surface area contributed by atoms with Crippen LogP contribution < -0.4 is 4.74 Å². The molecule has 1 heterocycles. The second kappa shape index (κ2) is 8.67. The van der Waals surface area contributed by atoms with Crippen LogP contribution in [0.15, 0.2) is 30.3 Å². The molecule has 23 heavy (non-hydrogen) atoms. The number of piperazine rings is 1. The van der Waals surface area contributed by atoms with Crippen LogP contribution in [0.1, 0.15) is 25.7 Å². The predicted octanol–water partition coefficient (Wildman–Crippen LogP) is 2.23. The zero-order valence-corrected chi connectivity index (χ0v) is 14.1. The van der Waals surface area contributed by atoms with Crippen LogP contribution >= 0.6 is 0 Å². The van der Waals surface area contributed by atoms with Gasteiger partial charge in [-0.25, -0.2) is 0 Å². The average molecular weight is 318 g/mol. The van der Waals surface area contributed by atoms with Gasteiger partial charge < -0.3 is 14.7 Å². The van der Waals surface area contributed by atoms with Gasteiger partial charge in [0.05, 0.1) is 0 Å². The lowest BCUT2D eigenvalue weighted by Gasteiger charge is -2.36. The zero-order chi connectivity index (χ0) is 15.9. The van der Waals surface area contributed by atoms with Crippen molar-refractivity contribution in [2.24, 2.45) is 5.92 Å². The van der Waals surface area contributed by atoms with Gasteiger partial charge in [-0.3, -0.25) is 4.90 Å². The molecule has 0 radical (unpaired) electrons. The number of ether oxygens (including phenoxy) is 1. The molecule has 1 aliphatic heterocycles. The van der Waals surface area contributed by atoms with Crippen LogP contribution in [0.5, 0.6) is 5.75 Å². The molecule has 1 saturated heterocycles. The van der Waals surface area contributed by atoms with Crippen LogP contribution in [0.25, 0.3) is 0 Å². The average Bonchev–Trinajstić information content (AvgIpc) is 3.09. The molecule has 0 aromatic heterocycles. The first kappa shape index (κ1) is 16.7. The van der Waals surface area contributed by atoms with Crippen molar-refractivity contribution in [3.63, 3.8) is 0 Å². The summed E-state index contributed by atoms with van der Waals surface area (Å²) in [4.78, 5) is 4.98. The molecule has 1 unspecified atom stereocenters. The van der Waals surface area contributed by atoms with Crippen molar-refractivity contribution in [3.05, 3.63) is 30.3 Å². The summed E-state index contributed by atoms with van der Waals surface area (Å²) in [6.07, 6.45) is 5.29. The first-order chi connectivity index (χ1) is 11.3. The molecule has 1 aromatic rings. The number of rotatable bonds is 7. The van der Waals surface area contributed by atoms with Gasteiger partial charge in [-0.05, 0) is 30.9 Å². The maximum absolute atomic E-state index is 10.2. The summed E-state index contributed by atoms with van der Waals surface area (Å²) in [5, 5.41) is 10.2. The summed E-state index contributed by atoms with van der Waals surface area (Å²) >= 11 is 0. The highest BCUT2D eigenvalue weighted by Crippen LogP contribution is 2.25. The van der Waals surface area contributed by atoms with Crippen molar-refractivity contribution in [2.45, 2.75) is 31.8 Å². The fourth-order valence-corrected chi connectivity index (χ4v) is 3.77. The van der Waals surface area contributed by atoms with Gasteiger partial charge in [0.15, 0.2) is 0 Å². The van der Waals surface area contributed by atoms with E-state index in [2.05, 4.69) is 9.80 Å². The molecule has 1 aliphatic carbocycles. The standard InChI is InChI=1S/C19H30N2O2/c22-18(16-23-19-8-2-1-3-9-19)15-21-12-10-20(11-13-21)14-17-6-4-5-7-17/h1-3,8-9,17-18,22H,4-7,10-16H2. The van der Waals surface area contributed by atoms with Gasteiger partial charge in [0.2, 0.25) is 0 Å². The van der Waals surface area contributed by atoms with Crippen LogP contribution in [0.2, 0.25) is 0 Å². The van der Waals surface area contributed by atoms with E-state index < -0.39 is 6.10 Å². The molecule has 3 rings (SSSR count). The Bertz CT molecular complexity index is 440. The number of aliphatic hydroxyl groups excluding tert-OH is 1. The van der Waals surface area contributed by atoms with E-state index in [1.54, 1.807) is 0 Å². The number of benzene rings is 1. The van der Waals surface area contributed by atoms with E-state index >= 15 is 0 Å². The molecule has 1 aromatic carbocycles. The first-order valence-corrected chi connectivity index (χ1v) is 9.10. The minimum absolute atomic E-state index is 0.367. The van der Waals surface area contributed by atoms with Crippen molar-refractivity contribution in [2.75, 3.05) is 45.9 Å². The zero-order valence-electron chi connectivity index (χ0n) is 14.1. The second-order valence-electron chi connectivity index (χ2n) is 7.03. The van der Waals surface area contributed by atoms with E-state index in [4.69, 9.17) is 4.74 Å². The lowest BCUT2D eigenvalue weighted by atomic mass is 10.1. The lowest BCUT2D eigenvalue weighted by molar-refractivity contribution is 0.0432. The predicted molar refractivity (Wildman–Crippen MR) is 92.8 cm³/mol. The Balaban J connectivity index is 1.31. The molecule has 1 N–H and O–H groups in total. The van der Waals surface area contributed by atoms with Gasteiger partial charge in [0.1, 0.15) is 18.5 Å². The van der Waals surface area contributed by atoms with Gasteiger partial charge in [-0.15, -0.1) is 0 Å². The van der Waals surface area contributed by atoms with Gasteiger partial charge in [-0.2, -0.15) is 0 Å². The number of aliphatic hydroxyl groups is 1. The van der Waals surface area contributed by atoms with Gasteiger partial charge in [0.25, 0.3) is 0 Å². The van der Waals surface area contributed by atoms with Gasteiger partial charge >= 0.3 is 0 Å². The fourth-order valence-electron chi connectivity index (χ4n) is 3.77. The number of hydrogen-bond donors (Lipinski definition) is 1. The summed E-state index contributed by atoms with van der Waals surface area (Å²) in [6.45, 7) is 6.78. The minimum atomic E-state index is -0.420. The van der Waals surface area contributed by atoms with Gasteiger partial charge in [-0.1, -0.05) is 31.0 Å². The molecule has 128 valence electrons. The van der Waals surface area contributed by atoms with E-state index in [1.807, 2.05) is 30.3 Å². The number of para-hydroxylation sites is 1. The van der Waals surface area contributed by atoms with Crippen LogP contribution in [-0.2, 0) is 0 Å². The Hall–Kier alpha value is -1.10. The summed E-state index contributed by atoms with van der Waals surface area (Å²) in [6, 6.07) is 9.72. The summed E-state index contributed by atoms with van der Waals surface area (Å²) in [5.41, 5.74) is 0. The highest BCUT2D eigenvalue weighted by Gasteiger charge is 2.23. The van der Waals surface area contributed by atoms with Crippen LogP contribution in [0, 0.1) is 5.92 Å². The quantitative estimate of drug-likeness (QED) is 0.836. The SMILES string of the molecule is OC(COc1ccccc1)CN1CCN(CC2CCCC2)CC1. The molecule has 1 saturated carbocycles. The fraction of sp³-hybridized carbons (Fsp3) is 0.684. The highest BCUT2D eigenvalue weighted by atomic mass is 16.5. The van der Waals surface area contributed by atoms with E-state index in [1.165, 1.54) is 32.2 Å². The largest absolute Gasteiger partial charge is 0.491 e. The monoisotopic (exact) mass is 318 g/mol. The third-order valence-electron chi connectivity index (χ3n) is 5.11. The Morgan fingerprint density at radius 2 is 1.65 bits per heavy atom. The third-order valence-corrected chi connectivity index (χ3v) is 5.11. The smallest absolute Gasteiger partial charge is 0.119 e. The Morgan fingerprint density at radius 3 is 2.35 bits per heavy atom. The highest BCUT2D eigenvalue weighted by molar-refractivity contribution is 5.20.